The summed E-state index contributed by atoms with van der Waals surface area (Å²) in [6, 6.07) is 9.35. The molecule has 0 saturated carbocycles. The molecule has 1 saturated heterocycles. The average molecular weight is 393 g/mol. The van der Waals surface area contributed by atoms with Crippen LogP contribution in [0.25, 0.3) is 0 Å². The van der Waals surface area contributed by atoms with Crippen LogP contribution in [-0.2, 0) is 21.4 Å². The van der Waals surface area contributed by atoms with Gasteiger partial charge in [0.05, 0.1) is 25.1 Å². The molecular formula is C19H25ClN4O3. The van der Waals surface area contributed by atoms with Crippen LogP contribution in [0.2, 0.25) is 0 Å². The number of hydrogen-bond acceptors (Lipinski definition) is 5. The van der Waals surface area contributed by atoms with E-state index in [1.807, 2.05) is 43.6 Å². The van der Waals surface area contributed by atoms with Crippen LogP contribution >= 0.6 is 12.4 Å². The fourth-order valence-corrected chi connectivity index (χ4v) is 3.43. The molecule has 2 heterocycles. The molecule has 7 nitrogen and oxygen atoms in total. The maximum atomic E-state index is 12.8. The number of halogens is 1. The summed E-state index contributed by atoms with van der Waals surface area (Å²) in [6.45, 7) is 1.56. The van der Waals surface area contributed by atoms with Gasteiger partial charge in [-0.05, 0) is 11.1 Å². The van der Waals surface area contributed by atoms with Gasteiger partial charge in [0.15, 0.2) is 0 Å². The second kappa shape index (κ2) is 9.53. The van der Waals surface area contributed by atoms with E-state index in [0.29, 0.717) is 6.54 Å². The molecule has 1 fully saturated rings. The van der Waals surface area contributed by atoms with Gasteiger partial charge >= 0.3 is 5.97 Å². The molecule has 1 aliphatic rings. The van der Waals surface area contributed by atoms with Gasteiger partial charge in [-0.25, -0.2) is 0 Å². The number of carbonyl (C=O) groups is 2. The van der Waals surface area contributed by atoms with Crippen LogP contribution in [0.3, 0.4) is 0 Å². The SMILES string of the molecule is COC(=O)C(CNC(=O)[C@H]1CNC[C@@H]1c1cnn(C)c1)c1ccccc1.Cl. The number of hydrogen-bond donors (Lipinski definition) is 2. The lowest BCUT2D eigenvalue weighted by molar-refractivity contribution is -0.142. The zero-order chi connectivity index (χ0) is 18.5. The first kappa shape index (κ1) is 20.9. The third kappa shape index (κ3) is 4.87. The summed E-state index contributed by atoms with van der Waals surface area (Å²) in [5.74, 6) is -1.04. The lowest BCUT2D eigenvalue weighted by atomic mass is 9.90. The molecule has 1 aromatic carbocycles. The van der Waals surface area contributed by atoms with E-state index in [9.17, 15) is 9.59 Å². The second-order valence-corrected chi connectivity index (χ2v) is 6.55. The van der Waals surface area contributed by atoms with E-state index in [4.69, 9.17) is 4.74 Å². The minimum absolute atomic E-state index is 0. The van der Waals surface area contributed by atoms with Crippen molar-refractivity contribution < 1.29 is 14.3 Å². The standard InChI is InChI=1S/C19H24N4O3.ClH/c1-23-12-14(8-22-23)15-9-20-10-17(15)18(24)21-11-16(19(25)26-2)13-6-4-3-5-7-13;/h3-8,12,15-17,20H,9-11H2,1-2H3,(H,21,24);1H/t15-,16?,17+;/m1./s1. The first-order valence-electron chi connectivity index (χ1n) is 8.70. The molecule has 0 spiro atoms. The number of esters is 1. The van der Waals surface area contributed by atoms with Gasteiger partial charge in [-0.2, -0.15) is 5.10 Å². The van der Waals surface area contributed by atoms with Crippen molar-refractivity contribution in [3.8, 4) is 0 Å². The van der Waals surface area contributed by atoms with Gasteiger partial charge in [0.1, 0.15) is 0 Å². The molecule has 1 aliphatic heterocycles. The largest absolute Gasteiger partial charge is 0.468 e. The van der Waals surface area contributed by atoms with Crippen LogP contribution < -0.4 is 10.6 Å². The van der Waals surface area contributed by atoms with Crippen molar-refractivity contribution in [1.82, 2.24) is 20.4 Å². The molecule has 0 bridgehead atoms. The Hall–Kier alpha value is -2.38. The Labute approximate surface area is 164 Å². The number of methoxy groups -OCH3 is 1. The number of aryl methyl sites for hydroxylation is 1. The highest BCUT2D eigenvalue weighted by Crippen LogP contribution is 2.28. The second-order valence-electron chi connectivity index (χ2n) is 6.55. The number of rotatable bonds is 6. The Bertz CT molecular complexity index is 765. The number of benzene rings is 1. The Morgan fingerprint density at radius 2 is 2.07 bits per heavy atom. The molecule has 3 rings (SSSR count). The number of aromatic nitrogens is 2. The minimum Gasteiger partial charge on any atom is -0.468 e. The highest BCUT2D eigenvalue weighted by atomic mass is 35.5. The van der Waals surface area contributed by atoms with E-state index in [0.717, 1.165) is 17.7 Å². The maximum Gasteiger partial charge on any atom is 0.314 e. The lowest BCUT2D eigenvalue weighted by Crippen LogP contribution is -2.38. The van der Waals surface area contributed by atoms with E-state index in [-0.39, 0.29) is 42.7 Å². The van der Waals surface area contributed by atoms with E-state index in [2.05, 4.69) is 15.7 Å². The topological polar surface area (TPSA) is 85.2 Å². The summed E-state index contributed by atoms with van der Waals surface area (Å²) in [5.41, 5.74) is 1.87. The van der Waals surface area contributed by atoms with Crippen LogP contribution in [0.4, 0.5) is 0 Å². The van der Waals surface area contributed by atoms with Gasteiger partial charge in [-0.3, -0.25) is 14.3 Å². The Balaban J connectivity index is 0.00000261. The fourth-order valence-electron chi connectivity index (χ4n) is 3.43. The molecule has 1 aromatic heterocycles. The Morgan fingerprint density at radius 3 is 2.70 bits per heavy atom. The van der Waals surface area contributed by atoms with Crippen molar-refractivity contribution in [3.05, 3.63) is 53.9 Å². The predicted octanol–water partition coefficient (Wildman–Crippen LogP) is 1.22. The highest BCUT2D eigenvalue weighted by Gasteiger charge is 2.35. The molecule has 3 atom stereocenters. The van der Waals surface area contributed by atoms with Crippen LogP contribution in [0.5, 0.6) is 0 Å². The summed E-state index contributed by atoms with van der Waals surface area (Å²) >= 11 is 0. The van der Waals surface area contributed by atoms with Crippen molar-refractivity contribution >= 4 is 24.3 Å². The molecule has 2 aromatic rings. The third-order valence-corrected chi connectivity index (χ3v) is 4.87. The van der Waals surface area contributed by atoms with Crippen LogP contribution in [0, 0.1) is 5.92 Å². The quantitative estimate of drug-likeness (QED) is 0.722. The normalized spacial score (nSPS) is 19.8. The highest BCUT2D eigenvalue weighted by molar-refractivity contribution is 5.85. The number of amides is 1. The molecule has 1 amide bonds. The maximum absolute atomic E-state index is 12.8. The van der Waals surface area contributed by atoms with Gasteiger partial charge in [0.2, 0.25) is 5.91 Å². The Morgan fingerprint density at radius 1 is 1.33 bits per heavy atom. The molecule has 8 heteroatoms. The monoisotopic (exact) mass is 392 g/mol. The summed E-state index contributed by atoms with van der Waals surface area (Å²) in [7, 11) is 3.22. The van der Waals surface area contributed by atoms with Crippen molar-refractivity contribution in [2.24, 2.45) is 13.0 Å². The van der Waals surface area contributed by atoms with Gasteiger partial charge in [0, 0.05) is 38.8 Å². The third-order valence-electron chi connectivity index (χ3n) is 4.87. The summed E-state index contributed by atoms with van der Waals surface area (Å²) in [5, 5.41) is 10.4. The van der Waals surface area contributed by atoms with Crippen LogP contribution in [0.15, 0.2) is 42.7 Å². The van der Waals surface area contributed by atoms with Crippen molar-refractivity contribution in [1.29, 1.82) is 0 Å². The smallest absolute Gasteiger partial charge is 0.314 e. The van der Waals surface area contributed by atoms with Gasteiger partial charge in [0.25, 0.3) is 0 Å². The predicted molar refractivity (Wildman–Crippen MR) is 104 cm³/mol. The van der Waals surface area contributed by atoms with Crippen molar-refractivity contribution in [2.75, 3.05) is 26.7 Å². The lowest BCUT2D eigenvalue weighted by Gasteiger charge is -2.20. The zero-order valence-electron chi connectivity index (χ0n) is 15.4. The summed E-state index contributed by atoms with van der Waals surface area (Å²) in [4.78, 5) is 24.9. The molecule has 27 heavy (non-hydrogen) atoms. The minimum atomic E-state index is -0.517. The fraction of sp³-hybridized carbons (Fsp3) is 0.421. The van der Waals surface area contributed by atoms with E-state index in [1.54, 1.807) is 10.9 Å². The van der Waals surface area contributed by atoms with E-state index >= 15 is 0 Å². The van der Waals surface area contributed by atoms with Gasteiger partial charge in [-0.15, -0.1) is 12.4 Å². The first-order chi connectivity index (χ1) is 12.6. The zero-order valence-corrected chi connectivity index (χ0v) is 16.2. The van der Waals surface area contributed by atoms with Crippen molar-refractivity contribution in [2.45, 2.75) is 11.8 Å². The number of carbonyl (C=O) groups excluding carboxylic acids is 2. The molecule has 1 unspecified atom stereocenters. The summed E-state index contributed by atoms with van der Waals surface area (Å²) < 4.78 is 6.65. The molecule has 0 radical (unpaired) electrons. The van der Waals surface area contributed by atoms with Crippen molar-refractivity contribution in [3.63, 3.8) is 0 Å². The molecular weight excluding hydrogens is 368 g/mol. The number of nitrogens with one attached hydrogen (secondary N) is 2. The molecule has 2 N–H and O–H groups in total. The summed E-state index contributed by atoms with van der Waals surface area (Å²) in [6.07, 6.45) is 3.75. The molecule has 146 valence electrons. The van der Waals surface area contributed by atoms with Gasteiger partial charge in [-0.1, -0.05) is 30.3 Å². The average Bonchev–Trinajstić information content (AvgIpc) is 3.31. The van der Waals surface area contributed by atoms with Crippen LogP contribution in [-0.4, -0.2) is 48.4 Å². The number of ether oxygens (including phenoxy) is 1. The number of nitrogens with zero attached hydrogens (tertiary/aromatic N) is 2. The van der Waals surface area contributed by atoms with Gasteiger partial charge < -0.3 is 15.4 Å². The van der Waals surface area contributed by atoms with Crippen LogP contribution in [0.1, 0.15) is 23.0 Å². The molecule has 0 aliphatic carbocycles. The first-order valence-corrected chi connectivity index (χ1v) is 8.70. The Kier molecular flexibility index (Phi) is 7.38. The van der Waals surface area contributed by atoms with E-state index < -0.39 is 5.92 Å². The van der Waals surface area contributed by atoms with E-state index in [1.165, 1.54) is 7.11 Å².